The first-order chi connectivity index (χ1) is 3.62. The van der Waals surface area contributed by atoms with Crippen molar-refractivity contribution in [2.75, 3.05) is 11.9 Å². The Labute approximate surface area is 76.3 Å². The zero-order valence-electron chi connectivity index (χ0n) is 5.98. The Hall–Kier alpha value is 0.920. The van der Waals surface area contributed by atoms with E-state index in [0.717, 1.165) is 18.3 Å². The molecule has 0 aromatic carbocycles. The SMILES string of the molecule is Br.CC(C)(CN)CCBr. The topological polar surface area (TPSA) is 26.0 Å². The van der Waals surface area contributed by atoms with Crippen LogP contribution in [0.4, 0.5) is 0 Å². The van der Waals surface area contributed by atoms with Crippen LogP contribution in [0.5, 0.6) is 0 Å². The van der Waals surface area contributed by atoms with Crippen molar-refractivity contribution in [3.05, 3.63) is 0 Å². The highest BCUT2D eigenvalue weighted by Gasteiger charge is 2.12. The molecule has 0 saturated heterocycles. The van der Waals surface area contributed by atoms with Gasteiger partial charge in [-0.1, -0.05) is 29.8 Å². The third kappa shape index (κ3) is 6.81. The molecule has 0 bridgehead atoms. The second kappa shape index (κ2) is 5.69. The maximum atomic E-state index is 5.47. The molecule has 0 aliphatic rings. The van der Waals surface area contributed by atoms with Crippen LogP contribution in [0.1, 0.15) is 20.3 Å². The van der Waals surface area contributed by atoms with Gasteiger partial charge in [0.2, 0.25) is 0 Å². The van der Waals surface area contributed by atoms with E-state index >= 15 is 0 Å². The molecule has 1 nitrogen and oxygen atoms in total. The van der Waals surface area contributed by atoms with Crippen LogP contribution in [0.15, 0.2) is 0 Å². The van der Waals surface area contributed by atoms with E-state index in [-0.39, 0.29) is 17.0 Å². The molecular formula is C6H15Br2N. The van der Waals surface area contributed by atoms with Gasteiger partial charge in [-0.25, -0.2) is 0 Å². The van der Waals surface area contributed by atoms with Crippen molar-refractivity contribution < 1.29 is 0 Å². The molecule has 0 spiro atoms. The normalized spacial score (nSPS) is 10.7. The minimum Gasteiger partial charge on any atom is -0.330 e. The lowest BCUT2D eigenvalue weighted by Crippen LogP contribution is -2.23. The molecule has 0 saturated carbocycles. The van der Waals surface area contributed by atoms with Gasteiger partial charge in [0.15, 0.2) is 0 Å². The van der Waals surface area contributed by atoms with E-state index in [1.54, 1.807) is 0 Å². The predicted molar refractivity (Wildman–Crippen MR) is 51.6 cm³/mol. The van der Waals surface area contributed by atoms with E-state index in [2.05, 4.69) is 29.8 Å². The quantitative estimate of drug-likeness (QED) is 0.775. The molecular weight excluding hydrogens is 246 g/mol. The van der Waals surface area contributed by atoms with Crippen LogP contribution in [0.3, 0.4) is 0 Å². The molecule has 0 radical (unpaired) electrons. The average molecular weight is 261 g/mol. The molecule has 0 fully saturated rings. The Kier molecular flexibility index (Phi) is 7.95. The third-order valence-corrected chi connectivity index (χ3v) is 1.72. The largest absolute Gasteiger partial charge is 0.330 e. The average Bonchev–Trinajstić information content (AvgIpc) is 1.67. The molecule has 9 heavy (non-hydrogen) atoms. The molecule has 0 heterocycles. The maximum Gasteiger partial charge on any atom is 0.00368 e. The molecule has 0 amide bonds. The summed E-state index contributed by atoms with van der Waals surface area (Å²) in [5, 5.41) is 1.05. The molecule has 58 valence electrons. The highest BCUT2D eigenvalue weighted by molar-refractivity contribution is 9.09. The summed E-state index contributed by atoms with van der Waals surface area (Å²) in [6, 6.07) is 0. The van der Waals surface area contributed by atoms with Crippen LogP contribution >= 0.6 is 32.9 Å². The fourth-order valence-electron chi connectivity index (χ4n) is 0.358. The summed E-state index contributed by atoms with van der Waals surface area (Å²) >= 11 is 3.37. The maximum absolute atomic E-state index is 5.47. The van der Waals surface area contributed by atoms with Crippen LogP contribution in [0.2, 0.25) is 0 Å². The summed E-state index contributed by atoms with van der Waals surface area (Å²) < 4.78 is 0. The highest BCUT2D eigenvalue weighted by Crippen LogP contribution is 2.18. The van der Waals surface area contributed by atoms with Gasteiger partial charge >= 0.3 is 0 Å². The molecule has 0 aromatic rings. The summed E-state index contributed by atoms with van der Waals surface area (Å²) in [4.78, 5) is 0. The lowest BCUT2D eigenvalue weighted by Gasteiger charge is -2.19. The summed E-state index contributed by atoms with van der Waals surface area (Å²) in [5.41, 5.74) is 5.79. The molecule has 0 rings (SSSR count). The second-order valence-corrected chi connectivity index (χ2v) is 3.60. The van der Waals surface area contributed by atoms with E-state index in [9.17, 15) is 0 Å². The van der Waals surface area contributed by atoms with Crippen molar-refractivity contribution in [1.82, 2.24) is 0 Å². The minimum absolute atomic E-state index is 0. The van der Waals surface area contributed by atoms with Crippen molar-refractivity contribution in [3.63, 3.8) is 0 Å². The highest BCUT2D eigenvalue weighted by atomic mass is 79.9. The molecule has 2 N–H and O–H groups in total. The van der Waals surface area contributed by atoms with Gasteiger partial charge in [-0.3, -0.25) is 0 Å². The molecule has 0 atom stereocenters. The monoisotopic (exact) mass is 259 g/mol. The fourth-order valence-corrected chi connectivity index (χ4v) is 1.43. The lowest BCUT2D eigenvalue weighted by atomic mass is 9.91. The first-order valence-corrected chi connectivity index (χ1v) is 4.00. The van der Waals surface area contributed by atoms with Gasteiger partial charge in [0, 0.05) is 5.33 Å². The Balaban J connectivity index is 0. The van der Waals surface area contributed by atoms with Crippen molar-refractivity contribution in [1.29, 1.82) is 0 Å². The van der Waals surface area contributed by atoms with E-state index < -0.39 is 0 Å². The van der Waals surface area contributed by atoms with Gasteiger partial charge < -0.3 is 5.73 Å². The molecule has 0 unspecified atom stereocenters. The lowest BCUT2D eigenvalue weighted by molar-refractivity contribution is 0.369. The third-order valence-electron chi connectivity index (χ3n) is 1.32. The van der Waals surface area contributed by atoms with E-state index in [1.807, 2.05) is 0 Å². The standard InChI is InChI=1S/C6H14BrN.BrH/c1-6(2,5-8)3-4-7;/h3-5,8H2,1-2H3;1H. The Morgan fingerprint density at radius 1 is 1.44 bits per heavy atom. The number of rotatable bonds is 3. The van der Waals surface area contributed by atoms with Crippen molar-refractivity contribution in [3.8, 4) is 0 Å². The summed E-state index contributed by atoms with van der Waals surface area (Å²) in [6.07, 6.45) is 1.16. The van der Waals surface area contributed by atoms with Gasteiger partial charge in [0.25, 0.3) is 0 Å². The van der Waals surface area contributed by atoms with Crippen LogP contribution in [0.25, 0.3) is 0 Å². The van der Waals surface area contributed by atoms with Crippen LogP contribution < -0.4 is 5.73 Å². The Morgan fingerprint density at radius 2 is 1.89 bits per heavy atom. The number of hydrogen-bond acceptors (Lipinski definition) is 1. The van der Waals surface area contributed by atoms with Gasteiger partial charge in [-0.05, 0) is 18.4 Å². The van der Waals surface area contributed by atoms with Gasteiger partial charge in [0.1, 0.15) is 0 Å². The smallest absolute Gasteiger partial charge is 0.00368 e. The number of nitrogens with two attached hydrogens (primary N) is 1. The van der Waals surface area contributed by atoms with Crippen LogP contribution in [-0.2, 0) is 0 Å². The molecule has 0 aliphatic heterocycles. The van der Waals surface area contributed by atoms with Crippen molar-refractivity contribution in [2.24, 2.45) is 11.1 Å². The summed E-state index contributed by atoms with van der Waals surface area (Å²) in [5.74, 6) is 0. The predicted octanol–water partition coefficient (Wildman–Crippen LogP) is 2.33. The van der Waals surface area contributed by atoms with Gasteiger partial charge in [-0.15, -0.1) is 17.0 Å². The van der Waals surface area contributed by atoms with E-state index in [4.69, 9.17) is 5.73 Å². The van der Waals surface area contributed by atoms with Crippen LogP contribution in [-0.4, -0.2) is 11.9 Å². The van der Waals surface area contributed by atoms with Gasteiger partial charge in [-0.2, -0.15) is 0 Å². The van der Waals surface area contributed by atoms with Gasteiger partial charge in [0.05, 0.1) is 0 Å². The van der Waals surface area contributed by atoms with E-state index in [1.165, 1.54) is 0 Å². The second-order valence-electron chi connectivity index (χ2n) is 2.81. The van der Waals surface area contributed by atoms with E-state index in [0.29, 0.717) is 5.41 Å². The molecule has 3 heteroatoms. The summed E-state index contributed by atoms with van der Waals surface area (Å²) in [6.45, 7) is 5.13. The van der Waals surface area contributed by atoms with Crippen molar-refractivity contribution >= 4 is 32.9 Å². The van der Waals surface area contributed by atoms with Crippen molar-refractivity contribution in [2.45, 2.75) is 20.3 Å². The number of halogens is 2. The molecule has 0 aliphatic carbocycles. The number of alkyl halides is 1. The Bertz CT molecular complexity index is 64.1. The first-order valence-electron chi connectivity index (χ1n) is 2.88. The Morgan fingerprint density at radius 3 is 2.00 bits per heavy atom. The molecule has 0 aromatic heterocycles. The minimum atomic E-state index is 0. The zero-order chi connectivity index (χ0) is 6.62. The summed E-state index contributed by atoms with van der Waals surface area (Å²) in [7, 11) is 0. The zero-order valence-corrected chi connectivity index (χ0v) is 9.28. The first kappa shape index (κ1) is 12.6. The number of hydrogen-bond donors (Lipinski definition) is 1. The fraction of sp³-hybridized carbons (Fsp3) is 1.00. The van der Waals surface area contributed by atoms with Crippen LogP contribution in [0, 0.1) is 5.41 Å².